The number of halogens is 3. The number of thioether (sulfide) groups is 1. The molecule has 0 aliphatic carbocycles. The lowest BCUT2D eigenvalue weighted by Gasteiger charge is -2.40. The molecule has 60 heavy (non-hydrogen) atoms. The van der Waals surface area contributed by atoms with E-state index < -0.39 is 59.0 Å². The second-order valence-electron chi connectivity index (χ2n) is 14.1. The summed E-state index contributed by atoms with van der Waals surface area (Å²) < 4.78 is 73.7. The number of ether oxygens (including phenoxy) is 5. The van der Waals surface area contributed by atoms with E-state index in [0.717, 1.165) is 18.2 Å². The molecule has 0 bridgehead atoms. The van der Waals surface area contributed by atoms with Crippen molar-refractivity contribution in [2.75, 3.05) is 26.3 Å². The van der Waals surface area contributed by atoms with Crippen LogP contribution in [0, 0.1) is 34.7 Å². The third-order valence-corrected chi connectivity index (χ3v) is 11.2. The molecule has 0 saturated carbocycles. The van der Waals surface area contributed by atoms with Gasteiger partial charge in [-0.1, -0.05) is 24.3 Å². The van der Waals surface area contributed by atoms with Crippen LogP contribution in [0.1, 0.15) is 62.6 Å². The van der Waals surface area contributed by atoms with Crippen molar-refractivity contribution in [1.29, 1.82) is 5.26 Å². The first-order valence-electron chi connectivity index (χ1n) is 19.0. The highest BCUT2D eigenvalue weighted by Crippen LogP contribution is 2.42. The SMILES string of the molecule is CC(OC(=O)CCC(=O)N1CCC(CC(=O)O)CC1)OC(=O)O[C@@](Cn1cncn1)(c1ccc(F)cc1F)[C@@H](C)SC1COC(/C=C/C=C/c2ccc(C#N)cc2F)OC1. The van der Waals surface area contributed by atoms with E-state index in [1.54, 1.807) is 30.1 Å². The Morgan fingerprint density at radius 1 is 1.03 bits per heavy atom. The van der Waals surface area contributed by atoms with Crippen LogP contribution in [0.4, 0.5) is 18.0 Å². The first-order chi connectivity index (χ1) is 28.7. The van der Waals surface area contributed by atoms with Gasteiger partial charge in [0.25, 0.3) is 0 Å². The monoisotopic (exact) mass is 855 g/mol. The molecule has 0 spiro atoms. The number of hydrogen-bond acceptors (Lipinski definition) is 13. The topological polar surface area (TPSA) is 192 Å². The number of likely N-dealkylation sites (tertiary alicyclic amines) is 1. The molecule has 1 amide bonds. The number of piperidine rings is 1. The Balaban J connectivity index is 1.21. The van der Waals surface area contributed by atoms with E-state index in [4.69, 9.17) is 34.1 Å². The lowest BCUT2D eigenvalue weighted by Crippen LogP contribution is -2.47. The van der Waals surface area contributed by atoms with Gasteiger partial charge in [-0.2, -0.15) is 10.4 Å². The van der Waals surface area contributed by atoms with Crippen LogP contribution in [0.3, 0.4) is 0 Å². The lowest BCUT2D eigenvalue weighted by molar-refractivity contribution is -0.172. The van der Waals surface area contributed by atoms with Crippen LogP contribution in [0.25, 0.3) is 6.08 Å². The minimum absolute atomic E-state index is 0.0197. The average Bonchev–Trinajstić information content (AvgIpc) is 3.72. The zero-order chi connectivity index (χ0) is 43.2. The Kier molecular flexibility index (Phi) is 16.3. The van der Waals surface area contributed by atoms with Crippen LogP contribution in [0.2, 0.25) is 0 Å². The summed E-state index contributed by atoms with van der Waals surface area (Å²) in [5.41, 5.74) is -1.66. The van der Waals surface area contributed by atoms with Crippen molar-refractivity contribution in [2.45, 2.75) is 81.2 Å². The highest BCUT2D eigenvalue weighted by molar-refractivity contribution is 8.00. The Labute approximate surface area is 348 Å². The number of hydrogen-bond donors (Lipinski definition) is 1. The van der Waals surface area contributed by atoms with Crippen molar-refractivity contribution in [2.24, 2.45) is 5.92 Å². The Morgan fingerprint density at radius 2 is 1.78 bits per heavy atom. The number of benzene rings is 2. The lowest BCUT2D eigenvalue weighted by atomic mass is 9.89. The molecule has 15 nitrogen and oxygen atoms in total. The largest absolute Gasteiger partial charge is 0.512 e. The van der Waals surface area contributed by atoms with Crippen molar-refractivity contribution >= 4 is 41.8 Å². The van der Waals surface area contributed by atoms with Crippen LogP contribution < -0.4 is 0 Å². The summed E-state index contributed by atoms with van der Waals surface area (Å²) >= 11 is 1.23. The maximum absolute atomic E-state index is 15.8. The fraction of sp³-hybridized carbons (Fsp3) is 0.439. The quantitative estimate of drug-likeness (QED) is 0.0926. The van der Waals surface area contributed by atoms with Gasteiger partial charge in [0.15, 0.2) is 11.9 Å². The highest BCUT2D eigenvalue weighted by Gasteiger charge is 2.47. The zero-order valence-corrected chi connectivity index (χ0v) is 33.6. The number of aliphatic carboxylic acids is 1. The van der Waals surface area contributed by atoms with E-state index in [0.29, 0.717) is 32.0 Å². The number of nitriles is 1. The summed E-state index contributed by atoms with van der Waals surface area (Å²) in [5.74, 6) is -4.49. The minimum Gasteiger partial charge on any atom is -0.481 e. The number of amides is 1. The molecule has 2 saturated heterocycles. The molecular formula is C41H44F3N5O10S. The molecule has 2 aliphatic rings. The number of aromatic nitrogens is 3. The summed E-state index contributed by atoms with van der Waals surface area (Å²) in [7, 11) is 0. The van der Waals surface area contributed by atoms with Crippen LogP contribution in [-0.2, 0) is 50.2 Å². The fourth-order valence-electron chi connectivity index (χ4n) is 6.70. The number of carboxylic acid groups (broad SMARTS) is 1. The second kappa shape index (κ2) is 21.5. The molecular weight excluding hydrogens is 812 g/mol. The van der Waals surface area contributed by atoms with Crippen molar-refractivity contribution in [3.63, 3.8) is 0 Å². The van der Waals surface area contributed by atoms with Gasteiger partial charge in [-0.05, 0) is 56.0 Å². The number of esters is 1. The molecule has 2 aromatic carbocycles. The summed E-state index contributed by atoms with van der Waals surface area (Å²) in [6.45, 7) is 3.65. The van der Waals surface area contributed by atoms with Crippen molar-refractivity contribution in [3.05, 3.63) is 101 Å². The van der Waals surface area contributed by atoms with Gasteiger partial charge in [-0.15, -0.1) is 11.8 Å². The third kappa shape index (κ3) is 12.9. The Hall–Kier alpha value is -5.71. The molecule has 0 radical (unpaired) electrons. The normalized spacial score (nSPS) is 19.3. The molecule has 320 valence electrons. The van der Waals surface area contributed by atoms with Gasteiger partial charge in [0.05, 0.1) is 43.1 Å². The molecule has 1 N–H and O–H groups in total. The molecule has 3 atom stereocenters. The Bertz CT molecular complexity index is 2070. The average molecular weight is 856 g/mol. The van der Waals surface area contributed by atoms with Crippen molar-refractivity contribution in [1.82, 2.24) is 19.7 Å². The number of carbonyl (C=O) groups is 4. The van der Waals surface area contributed by atoms with Gasteiger partial charge in [-0.25, -0.2) is 27.6 Å². The fourth-order valence-corrected chi connectivity index (χ4v) is 8.06. The molecule has 19 heteroatoms. The molecule has 3 heterocycles. The van der Waals surface area contributed by atoms with Crippen LogP contribution in [0.5, 0.6) is 0 Å². The molecule has 2 aliphatic heterocycles. The van der Waals surface area contributed by atoms with Gasteiger partial charge in [-0.3, -0.25) is 14.4 Å². The van der Waals surface area contributed by atoms with Crippen LogP contribution in [0.15, 0.2) is 67.3 Å². The van der Waals surface area contributed by atoms with E-state index >= 15 is 4.39 Å². The number of allylic oxidation sites excluding steroid dienone is 2. The smallest absolute Gasteiger partial charge is 0.481 e. The highest BCUT2D eigenvalue weighted by atomic mass is 32.2. The van der Waals surface area contributed by atoms with Gasteiger partial charge in [0, 0.05) is 55.3 Å². The molecule has 3 aromatic rings. The summed E-state index contributed by atoms with van der Waals surface area (Å²) in [6, 6.07) is 8.82. The van der Waals surface area contributed by atoms with E-state index in [-0.39, 0.29) is 72.8 Å². The maximum atomic E-state index is 15.8. The van der Waals surface area contributed by atoms with Crippen LogP contribution >= 0.6 is 11.8 Å². The molecule has 1 unspecified atom stereocenters. The summed E-state index contributed by atoms with van der Waals surface area (Å²) in [5, 5.41) is 20.9. The standard InChI is InChI=1S/C41H44F3N5O10S/c1-26(60-32-21-55-39(56-22-32)6-4-3-5-30-8-7-29(20-45)17-34(30)43)41(23-49-25-46-24-47-49,33-10-9-31(42)19-35(33)44)59-40(54)58-27(2)57-38(53)12-11-36(50)48-15-13-28(14-16-48)18-37(51)52/h3-10,17,19,24-28,32,39H,11-16,18,21-23H2,1-2H3,(H,51,52)/b5-3+,6-4+/t26-,27?,32?,39?,41-/m1/s1. The third-order valence-electron chi connectivity index (χ3n) is 9.78. The predicted molar refractivity (Wildman–Crippen MR) is 208 cm³/mol. The second-order valence-corrected chi connectivity index (χ2v) is 15.7. The minimum atomic E-state index is -1.94. The molecule has 2 fully saturated rings. The first kappa shape index (κ1) is 45.4. The number of carboxylic acids is 1. The van der Waals surface area contributed by atoms with E-state index in [1.165, 1.54) is 54.2 Å². The van der Waals surface area contributed by atoms with Gasteiger partial charge in [0.2, 0.25) is 12.2 Å². The molecule has 1 aromatic heterocycles. The van der Waals surface area contributed by atoms with Gasteiger partial charge in [0.1, 0.15) is 30.1 Å². The number of carbonyl (C=O) groups excluding carboxylic acids is 3. The van der Waals surface area contributed by atoms with E-state index in [2.05, 4.69) is 10.1 Å². The summed E-state index contributed by atoms with van der Waals surface area (Å²) in [6.07, 6.45) is 5.90. The van der Waals surface area contributed by atoms with E-state index in [9.17, 15) is 28.0 Å². The first-order valence-corrected chi connectivity index (χ1v) is 20.0. The number of nitrogens with zero attached hydrogens (tertiary/aromatic N) is 5. The zero-order valence-electron chi connectivity index (χ0n) is 32.8. The van der Waals surface area contributed by atoms with Gasteiger partial charge >= 0.3 is 18.1 Å². The predicted octanol–water partition coefficient (Wildman–Crippen LogP) is 6.13. The maximum Gasteiger partial charge on any atom is 0.512 e. The van der Waals surface area contributed by atoms with Gasteiger partial charge < -0.3 is 33.7 Å². The van der Waals surface area contributed by atoms with E-state index in [1.807, 2.05) is 6.07 Å². The molecule has 5 rings (SSSR count). The Morgan fingerprint density at radius 3 is 2.43 bits per heavy atom. The van der Waals surface area contributed by atoms with Crippen molar-refractivity contribution in [3.8, 4) is 6.07 Å². The summed E-state index contributed by atoms with van der Waals surface area (Å²) in [4.78, 5) is 55.4. The number of rotatable bonds is 17. The van der Waals surface area contributed by atoms with Crippen LogP contribution in [-0.4, -0.2) is 98.2 Å². The van der Waals surface area contributed by atoms with Crippen molar-refractivity contribution < 1.29 is 61.1 Å².